The molecule has 0 fully saturated rings. The number of amides is 2. The van der Waals surface area contributed by atoms with Crippen molar-refractivity contribution in [2.24, 2.45) is 0 Å². The molecule has 2 amide bonds. The number of thiazole rings is 1. The number of carbonyl (C=O) groups excluding carboxylic acids is 2. The van der Waals surface area contributed by atoms with Gasteiger partial charge >= 0.3 is 0 Å². The van der Waals surface area contributed by atoms with Crippen molar-refractivity contribution in [3.05, 3.63) is 34.8 Å². The Hall–Kier alpha value is -2.61. The van der Waals surface area contributed by atoms with Gasteiger partial charge in [0.15, 0.2) is 5.13 Å². The fourth-order valence-electron chi connectivity index (χ4n) is 2.34. The Balaban J connectivity index is 2.18. The number of carbonyl (C=O) groups is 2. The highest BCUT2D eigenvalue weighted by atomic mass is 32.1. The van der Waals surface area contributed by atoms with E-state index in [1.165, 1.54) is 23.3 Å². The molecule has 1 N–H and O–H groups in total. The molecule has 1 aromatic heterocycles. The molecule has 140 valence electrons. The second kappa shape index (κ2) is 8.66. The first-order chi connectivity index (χ1) is 12.3. The van der Waals surface area contributed by atoms with E-state index in [-0.39, 0.29) is 24.4 Å². The van der Waals surface area contributed by atoms with Crippen LogP contribution in [-0.2, 0) is 4.79 Å². The molecular weight excluding hydrogens is 354 g/mol. The Kier molecular flexibility index (Phi) is 6.57. The first-order valence-electron chi connectivity index (χ1n) is 8.10. The van der Waals surface area contributed by atoms with Crippen LogP contribution in [0.1, 0.15) is 29.9 Å². The average Bonchev–Trinajstić information content (AvgIpc) is 3.02. The van der Waals surface area contributed by atoms with Crippen molar-refractivity contribution in [2.75, 3.05) is 26.1 Å². The fraction of sp³-hybridized carbons (Fsp3) is 0.389. The van der Waals surface area contributed by atoms with Crippen LogP contribution in [-0.4, -0.2) is 48.5 Å². The summed E-state index contributed by atoms with van der Waals surface area (Å²) >= 11 is 1.35. The van der Waals surface area contributed by atoms with E-state index in [0.29, 0.717) is 22.2 Å². The van der Waals surface area contributed by atoms with Crippen molar-refractivity contribution >= 4 is 28.3 Å². The maximum absolute atomic E-state index is 13.0. The van der Waals surface area contributed by atoms with Crippen molar-refractivity contribution < 1.29 is 19.1 Å². The predicted molar refractivity (Wildman–Crippen MR) is 101 cm³/mol. The van der Waals surface area contributed by atoms with Crippen LogP contribution < -0.4 is 14.8 Å². The number of ether oxygens (including phenoxy) is 2. The lowest BCUT2D eigenvalue weighted by Gasteiger charge is -2.26. The number of rotatable bonds is 7. The topological polar surface area (TPSA) is 80.8 Å². The molecule has 0 aliphatic rings. The zero-order valence-electron chi connectivity index (χ0n) is 15.5. The van der Waals surface area contributed by atoms with E-state index in [9.17, 15) is 9.59 Å². The fourth-order valence-corrected chi connectivity index (χ4v) is 3.05. The SMILES string of the molecule is COc1ccc(C(=O)N(CC(=O)Nc2nc(C)cs2)C(C)C)c(OC)c1. The zero-order chi connectivity index (χ0) is 19.3. The molecule has 8 heteroatoms. The Bertz CT molecular complexity index is 788. The van der Waals surface area contributed by atoms with Crippen LogP contribution in [0.15, 0.2) is 23.6 Å². The predicted octanol–water partition coefficient (Wildman–Crippen LogP) is 2.96. The summed E-state index contributed by atoms with van der Waals surface area (Å²) in [4.78, 5) is 31.0. The molecule has 2 aromatic rings. The number of anilines is 1. The molecule has 0 bridgehead atoms. The number of aromatic nitrogens is 1. The maximum atomic E-state index is 13.0. The monoisotopic (exact) mass is 377 g/mol. The average molecular weight is 377 g/mol. The summed E-state index contributed by atoms with van der Waals surface area (Å²) in [5.74, 6) is 0.404. The summed E-state index contributed by atoms with van der Waals surface area (Å²) < 4.78 is 10.5. The van der Waals surface area contributed by atoms with Gasteiger partial charge in [-0.25, -0.2) is 4.98 Å². The summed E-state index contributed by atoms with van der Waals surface area (Å²) in [6, 6.07) is 4.80. The number of benzene rings is 1. The summed E-state index contributed by atoms with van der Waals surface area (Å²) in [7, 11) is 3.03. The molecule has 0 unspecified atom stereocenters. The Labute approximate surface area is 156 Å². The molecule has 0 saturated heterocycles. The zero-order valence-corrected chi connectivity index (χ0v) is 16.3. The van der Waals surface area contributed by atoms with Crippen molar-refractivity contribution in [1.29, 1.82) is 0 Å². The normalized spacial score (nSPS) is 10.5. The van der Waals surface area contributed by atoms with Gasteiger partial charge in [0, 0.05) is 17.5 Å². The van der Waals surface area contributed by atoms with Gasteiger partial charge in [0.05, 0.1) is 25.5 Å². The van der Waals surface area contributed by atoms with Gasteiger partial charge in [-0.3, -0.25) is 9.59 Å². The van der Waals surface area contributed by atoms with Gasteiger partial charge in [-0.05, 0) is 32.9 Å². The van der Waals surface area contributed by atoms with Crippen molar-refractivity contribution in [1.82, 2.24) is 9.88 Å². The van der Waals surface area contributed by atoms with Gasteiger partial charge in [-0.1, -0.05) is 0 Å². The van der Waals surface area contributed by atoms with E-state index in [4.69, 9.17) is 9.47 Å². The van der Waals surface area contributed by atoms with E-state index >= 15 is 0 Å². The minimum absolute atomic E-state index is 0.0791. The molecule has 0 radical (unpaired) electrons. The van der Waals surface area contributed by atoms with Crippen molar-refractivity contribution in [3.8, 4) is 11.5 Å². The highest BCUT2D eigenvalue weighted by Crippen LogP contribution is 2.26. The Morgan fingerprint density at radius 3 is 2.54 bits per heavy atom. The third kappa shape index (κ3) is 4.72. The van der Waals surface area contributed by atoms with E-state index in [1.54, 1.807) is 25.3 Å². The molecule has 0 aliphatic carbocycles. The first kappa shape index (κ1) is 19.7. The third-order valence-electron chi connectivity index (χ3n) is 3.70. The van der Waals surface area contributed by atoms with Crippen LogP contribution >= 0.6 is 11.3 Å². The second-order valence-electron chi connectivity index (χ2n) is 5.94. The number of nitrogens with zero attached hydrogens (tertiary/aromatic N) is 2. The van der Waals surface area contributed by atoms with Gasteiger partial charge in [0.2, 0.25) is 5.91 Å². The van der Waals surface area contributed by atoms with Gasteiger partial charge in [0.1, 0.15) is 18.0 Å². The van der Waals surface area contributed by atoms with Gasteiger partial charge in [-0.15, -0.1) is 11.3 Å². The van der Waals surface area contributed by atoms with Crippen LogP contribution in [0.4, 0.5) is 5.13 Å². The minimum Gasteiger partial charge on any atom is -0.497 e. The third-order valence-corrected chi connectivity index (χ3v) is 4.58. The van der Waals surface area contributed by atoms with Crippen LogP contribution in [0.2, 0.25) is 0 Å². The quantitative estimate of drug-likeness (QED) is 0.802. The number of methoxy groups -OCH3 is 2. The first-order valence-corrected chi connectivity index (χ1v) is 8.98. The van der Waals surface area contributed by atoms with Gasteiger partial charge in [0.25, 0.3) is 5.91 Å². The Morgan fingerprint density at radius 2 is 2.00 bits per heavy atom. The summed E-state index contributed by atoms with van der Waals surface area (Å²) in [5, 5.41) is 5.09. The number of nitrogens with one attached hydrogen (secondary N) is 1. The van der Waals surface area contributed by atoms with Crippen LogP contribution in [0.25, 0.3) is 0 Å². The number of hydrogen-bond donors (Lipinski definition) is 1. The summed E-state index contributed by atoms with van der Waals surface area (Å²) in [6.07, 6.45) is 0. The molecule has 2 rings (SSSR count). The van der Waals surface area contributed by atoms with Crippen molar-refractivity contribution in [2.45, 2.75) is 26.8 Å². The van der Waals surface area contributed by atoms with E-state index in [2.05, 4.69) is 10.3 Å². The number of aryl methyl sites for hydroxylation is 1. The van der Waals surface area contributed by atoms with E-state index in [1.807, 2.05) is 26.2 Å². The van der Waals surface area contributed by atoms with Crippen LogP contribution in [0.5, 0.6) is 11.5 Å². The summed E-state index contributed by atoms with van der Waals surface area (Å²) in [5.41, 5.74) is 1.21. The molecular formula is C18H23N3O4S. The van der Waals surface area contributed by atoms with Gasteiger partial charge < -0.3 is 19.7 Å². The lowest BCUT2D eigenvalue weighted by molar-refractivity contribution is -0.117. The highest BCUT2D eigenvalue weighted by Gasteiger charge is 2.25. The van der Waals surface area contributed by atoms with Gasteiger partial charge in [-0.2, -0.15) is 0 Å². The molecule has 0 saturated carbocycles. The Morgan fingerprint density at radius 1 is 1.27 bits per heavy atom. The summed E-state index contributed by atoms with van der Waals surface area (Å²) in [6.45, 7) is 5.49. The molecule has 1 heterocycles. The molecule has 26 heavy (non-hydrogen) atoms. The number of hydrogen-bond acceptors (Lipinski definition) is 6. The van der Waals surface area contributed by atoms with Crippen molar-refractivity contribution in [3.63, 3.8) is 0 Å². The van der Waals surface area contributed by atoms with Crippen LogP contribution in [0, 0.1) is 6.92 Å². The molecule has 1 aromatic carbocycles. The minimum atomic E-state index is -0.297. The standard InChI is InChI=1S/C18H23N3O4S/c1-11(2)21(9-16(22)20-18-19-12(3)10-26-18)17(23)14-7-6-13(24-4)8-15(14)25-5/h6-8,10-11H,9H2,1-5H3,(H,19,20,22). The molecule has 0 atom stereocenters. The molecule has 0 aliphatic heterocycles. The smallest absolute Gasteiger partial charge is 0.258 e. The lowest BCUT2D eigenvalue weighted by Crippen LogP contribution is -2.42. The second-order valence-corrected chi connectivity index (χ2v) is 6.79. The lowest BCUT2D eigenvalue weighted by atomic mass is 10.1. The molecule has 7 nitrogen and oxygen atoms in total. The van der Waals surface area contributed by atoms with Crippen LogP contribution in [0.3, 0.4) is 0 Å². The molecule has 0 spiro atoms. The largest absolute Gasteiger partial charge is 0.497 e. The highest BCUT2D eigenvalue weighted by molar-refractivity contribution is 7.13. The maximum Gasteiger partial charge on any atom is 0.258 e. The van der Waals surface area contributed by atoms with E-state index < -0.39 is 0 Å². The van der Waals surface area contributed by atoms with E-state index in [0.717, 1.165) is 5.69 Å².